The Kier molecular flexibility index (Phi) is 7.40. The fourth-order valence-corrected chi connectivity index (χ4v) is 4.90. The van der Waals surface area contributed by atoms with E-state index in [-0.39, 0.29) is 10.6 Å². The van der Waals surface area contributed by atoms with Crippen molar-refractivity contribution in [1.29, 1.82) is 0 Å². The molecule has 3 aromatic rings. The van der Waals surface area contributed by atoms with Gasteiger partial charge < -0.3 is 5.11 Å². The van der Waals surface area contributed by atoms with Crippen molar-refractivity contribution in [2.45, 2.75) is 25.7 Å². The molecule has 0 aromatic heterocycles. The number of aromatic hydroxyl groups is 1. The SMILES string of the molecule is C/C(=N/NC(=O)CN(c1ccc(Cl)cc1C)S(=O)(=O)c1ccc(C)cc1)c1ccccc1O. The summed E-state index contributed by atoms with van der Waals surface area (Å²) in [6.45, 7) is 4.70. The highest BCUT2D eigenvalue weighted by molar-refractivity contribution is 7.92. The van der Waals surface area contributed by atoms with E-state index in [1.807, 2.05) is 6.92 Å². The van der Waals surface area contributed by atoms with Gasteiger partial charge in [-0.3, -0.25) is 9.10 Å². The molecule has 2 N–H and O–H groups in total. The first-order valence-electron chi connectivity index (χ1n) is 10.1. The lowest BCUT2D eigenvalue weighted by molar-refractivity contribution is -0.119. The summed E-state index contributed by atoms with van der Waals surface area (Å²) in [4.78, 5) is 12.8. The maximum atomic E-state index is 13.5. The van der Waals surface area contributed by atoms with Crippen molar-refractivity contribution in [3.05, 3.63) is 88.4 Å². The molecule has 7 nitrogen and oxygen atoms in total. The van der Waals surface area contributed by atoms with Gasteiger partial charge in [0.1, 0.15) is 12.3 Å². The summed E-state index contributed by atoms with van der Waals surface area (Å²) in [5.41, 5.74) is 5.04. The normalized spacial score (nSPS) is 11.8. The number of phenols is 1. The Morgan fingerprint density at radius 3 is 2.36 bits per heavy atom. The minimum atomic E-state index is -4.06. The molecule has 0 aliphatic heterocycles. The minimum absolute atomic E-state index is 0.0216. The number of halogens is 1. The van der Waals surface area contributed by atoms with Crippen LogP contribution in [0.3, 0.4) is 0 Å². The van der Waals surface area contributed by atoms with Crippen LogP contribution >= 0.6 is 11.6 Å². The van der Waals surface area contributed by atoms with Crippen LogP contribution in [0.15, 0.2) is 76.7 Å². The van der Waals surface area contributed by atoms with Crippen LogP contribution in [-0.2, 0) is 14.8 Å². The fourth-order valence-electron chi connectivity index (χ4n) is 3.19. The number of hydrogen-bond acceptors (Lipinski definition) is 5. The lowest BCUT2D eigenvalue weighted by Gasteiger charge is -2.25. The Bertz CT molecular complexity index is 1310. The number of anilines is 1. The number of sulfonamides is 1. The molecule has 0 spiro atoms. The standard InChI is InChI=1S/C24H24ClN3O4S/c1-16-8-11-20(12-9-16)33(31,32)28(22-13-10-19(25)14-17(22)2)15-24(30)27-26-18(3)21-6-4-5-7-23(21)29/h4-14,29H,15H2,1-3H3,(H,27,30)/b26-18-. The number of para-hydroxylation sites is 1. The third-order valence-corrected chi connectivity index (χ3v) is 6.97. The van der Waals surface area contributed by atoms with Crippen molar-refractivity contribution in [3.8, 4) is 5.75 Å². The summed E-state index contributed by atoms with van der Waals surface area (Å²) in [6.07, 6.45) is 0. The number of hydrazone groups is 1. The number of carbonyl (C=O) groups excluding carboxylic acids is 1. The lowest BCUT2D eigenvalue weighted by atomic mass is 10.1. The zero-order valence-electron chi connectivity index (χ0n) is 18.4. The van der Waals surface area contributed by atoms with Crippen LogP contribution < -0.4 is 9.73 Å². The molecule has 0 aliphatic rings. The summed E-state index contributed by atoms with van der Waals surface area (Å²) in [5.74, 6) is -0.622. The van der Waals surface area contributed by atoms with Gasteiger partial charge in [-0.25, -0.2) is 13.8 Å². The van der Waals surface area contributed by atoms with Gasteiger partial charge in [-0.1, -0.05) is 41.4 Å². The van der Waals surface area contributed by atoms with Crippen LogP contribution in [0.5, 0.6) is 5.75 Å². The first-order chi connectivity index (χ1) is 15.6. The van der Waals surface area contributed by atoms with Gasteiger partial charge in [-0.2, -0.15) is 5.10 Å². The number of hydrogen-bond donors (Lipinski definition) is 2. The number of nitrogens with one attached hydrogen (secondary N) is 1. The van der Waals surface area contributed by atoms with Crippen molar-refractivity contribution >= 4 is 38.9 Å². The average molecular weight is 486 g/mol. The maximum Gasteiger partial charge on any atom is 0.264 e. The van der Waals surface area contributed by atoms with E-state index in [1.165, 1.54) is 18.2 Å². The molecular formula is C24H24ClN3O4S. The molecule has 3 aromatic carbocycles. The molecule has 33 heavy (non-hydrogen) atoms. The van der Waals surface area contributed by atoms with E-state index >= 15 is 0 Å². The Morgan fingerprint density at radius 2 is 1.73 bits per heavy atom. The molecule has 0 atom stereocenters. The highest BCUT2D eigenvalue weighted by Crippen LogP contribution is 2.29. The Balaban J connectivity index is 1.93. The zero-order chi connectivity index (χ0) is 24.2. The molecule has 0 saturated carbocycles. The van der Waals surface area contributed by atoms with E-state index in [0.717, 1.165) is 9.87 Å². The molecular weight excluding hydrogens is 462 g/mol. The Labute approximate surface area is 198 Å². The average Bonchev–Trinajstić information content (AvgIpc) is 2.77. The number of benzene rings is 3. The van der Waals surface area contributed by atoms with Crippen LogP contribution in [0.4, 0.5) is 5.69 Å². The van der Waals surface area contributed by atoms with E-state index in [2.05, 4.69) is 10.5 Å². The molecule has 172 valence electrons. The highest BCUT2D eigenvalue weighted by Gasteiger charge is 2.28. The van der Waals surface area contributed by atoms with Gasteiger partial charge in [0.15, 0.2) is 0 Å². The monoisotopic (exact) mass is 485 g/mol. The molecule has 0 heterocycles. The van der Waals surface area contributed by atoms with Crippen LogP contribution in [0.2, 0.25) is 5.02 Å². The second-order valence-corrected chi connectivity index (χ2v) is 9.80. The van der Waals surface area contributed by atoms with Gasteiger partial charge in [-0.15, -0.1) is 0 Å². The predicted molar refractivity (Wildman–Crippen MR) is 130 cm³/mol. The summed E-state index contributed by atoms with van der Waals surface area (Å²) < 4.78 is 28.0. The first-order valence-corrected chi connectivity index (χ1v) is 11.9. The summed E-state index contributed by atoms with van der Waals surface area (Å²) in [7, 11) is -4.06. The fraction of sp³-hybridized carbons (Fsp3) is 0.167. The molecule has 0 fully saturated rings. The third kappa shape index (κ3) is 5.71. The van der Waals surface area contributed by atoms with E-state index in [0.29, 0.717) is 27.5 Å². The number of carbonyl (C=O) groups is 1. The number of amides is 1. The van der Waals surface area contributed by atoms with Crippen LogP contribution in [0, 0.1) is 13.8 Å². The van der Waals surface area contributed by atoms with Gasteiger partial charge in [0.25, 0.3) is 15.9 Å². The number of phenolic OH excluding ortho intramolecular Hbond substituents is 1. The maximum absolute atomic E-state index is 13.5. The molecule has 1 amide bonds. The van der Waals surface area contributed by atoms with Crippen molar-refractivity contribution in [2.24, 2.45) is 5.10 Å². The minimum Gasteiger partial charge on any atom is -0.507 e. The third-order valence-electron chi connectivity index (χ3n) is 4.97. The first kappa shape index (κ1) is 24.3. The van der Waals surface area contributed by atoms with E-state index in [9.17, 15) is 18.3 Å². The van der Waals surface area contributed by atoms with Crippen LogP contribution in [0.25, 0.3) is 0 Å². The van der Waals surface area contributed by atoms with Gasteiger partial charge in [0, 0.05) is 10.6 Å². The molecule has 3 rings (SSSR count). The molecule has 0 unspecified atom stereocenters. The second-order valence-electron chi connectivity index (χ2n) is 7.50. The van der Waals surface area contributed by atoms with E-state index < -0.39 is 22.5 Å². The van der Waals surface area contributed by atoms with Crippen molar-refractivity contribution in [1.82, 2.24) is 5.43 Å². The number of nitrogens with zero attached hydrogens (tertiary/aromatic N) is 2. The highest BCUT2D eigenvalue weighted by atomic mass is 35.5. The molecule has 0 radical (unpaired) electrons. The van der Waals surface area contributed by atoms with E-state index in [1.54, 1.807) is 62.4 Å². The Hall–Kier alpha value is -3.36. The van der Waals surface area contributed by atoms with Gasteiger partial charge in [0.05, 0.1) is 16.3 Å². The smallest absolute Gasteiger partial charge is 0.264 e. The van der Waals surface area contributed by atoms with Gasteiger partial charge >= 0.3 is 0 Å². The van der Waals surface area contributed by atoms with Crippen molar-refractivity contribution in [2.75, 3.05) is 10.8 Å². The van der Waals surface area contributed by atoms with Crippen molar-refractivity contribution < 1.29 is 18.3 Å². The topological polar surface area (TPSA) is 99.1 Å². The van der Waals surface area contributed by atoms with E-state index in [4.69, 9.17) is 11.6 Å². The predicted octanol–water partition coefficient (Wildman–Crippen LogP) is 4.40. The quantitative estimate of drug-likeness (QED) is 0.382. The molecule has 9 heteroatoms. The summed E-state index contributed by atoms with van der Waals surface area (Å²) >= 11 is 6.05. The van der Waals surface area contributed by atoms with Crippen molar-refractivity contribution in [3.63, 3.8) is 0 Å². The summed E-state index contributed by atoms with van der Waals surface area (Å²) in [5, 5.41) is 14.4. The molecule has 0 aliphatic carbocycles. The van der Waals surface area contributed by atoms with Gasteiger partial charge in [0.2, 0.25) is 0 Å². The largest absolute Gasteiger partial charge is 0.507 e. The van der Waals surface area contributed by atoms with Crippen LogP contribution in [0.1, 0.15) is 23.6 Å². The zero-order valence-corrected chi connectivity index (χ0v) is 20.0. The second kappa shape index (κ2) is 10.1. The lowest BCUT2D eigenvalue weighted by Crippen LogP contribution is -2.40. The number of rotatable bonds is 7. The molecule has 0 bridgehead atoms. The molecule has 0 saturated heterocycles. The summed E-state index contributed by atoms with van der Waals surface area (Å²) in [6, 6.07) is 17.7. The van der Waals surface area contributed by atoms with Gasteiger partial charge in [-0.05, 0) is 68.8 Å². The number of aryl methyl sites for hydroxylation is 2. The Morgan fingerprint density at radius 1 is 1.06 bits per heavy atom. The van der Waals surface area contributed by atoms with Crippen LogP contribution in [-0.4, -0.2) is 31.7 Å².